The van der Waals surface area contributed by atoms with Gasteiger partial charge in [0.1, 0.15) is 11.8 Å². The van der Waals surface area contributed by atoms with Crippen molar-refractivity contribution in [1.82, 2.24) is 5.32 Å². The number of nitrogens with one attached hydrogen (secondary N) is 1. The van der Waals surface area contributed by atoms with E-state index in [9.17, 15) is 9.59 Å². The monoisotopic (exact) mass is 323 g/mol. The summed E-state index contributed by atoms with van der Waals surface area (Å²) in [6.45, 7) is 0. The minimum absolute atomic E-state index is 0.0182. The van der Waals surface area contributed by atoms with Gasteiger partial charge >= 0.3 is 5.97 Å². The maximum atomic E-state index is 12.0. The van der Waals surface area contributed by atoms with Crippen LogP contribution in [0.1, 0.15) is 19.3 Å². The summed E-state index contributed by atoms with van der Waals surface area (Å²) >= 11 is 9.67. The SMILES string of the molecule is COC(=O)C1CC(=O)C2CC(Cl)CC(Br)C2N1. The molecule has 0 radical (unpaired) electrons. The third-order valence-corrected chi connectivity index (χ3v) is 4.81. The van der Waals surface area contributed by atoms with Crippen molar-refractivity contribution < 1.29 is 14.3 Å². The summed E-state index contributed by atoms with van der Waals surface area (Å²) in [4.78, 5) is 23.6. The van der Waals surface area contributed by atoms with E-state index >= 15 is 0 Å². The topological polar surface area (TPSA) is 55.4 Å². The first-order valence-electron chi connectivity index (χ1n) is 5.67. The highest BCUT2D eigenvalue weighted by Crippen LogP contribution is 2.36. The molecule has 1 aliphatic heterocycles. The van der Waals surface area contributed by atoms with Crippen LogP contribution >= 0.6 is 27.5 Å². The first-order valence-corrected chi connectivity index (χ1v) is 7.03. The highest BCUT2D eigenvalue weighted by Gasteiger charge is 2.45. The molecule has 4 nitrogen and oxygen atoms in total. The zero-order chi connectivity index (χ0) is 12.6. The van der Waals surface area contributed by atoms with Crippen molar-refractivity contribution in [3.63, 3.8) is 0 Å². The first-order chi connectivity index (χ1) is 8.02. The van der Waals surface area contributed by atoms with Crippen molar-refractivity contribution in [3.8, 4) is 0 Å². The Hall–Kier alpha value is -0.130. The van der Waals surface area contributed by atoms with Gasteiger partial charge < -0.3 is 4.74 Å². The summed E-state index contributed by atoms with van der Waals surface area (Å²) in [5.74, 6) is -0.347. The third kappa shape index (κ3) is 2.66. The molecule has 1 aliphatic carbocycles. The van der Waals surface area contributed by atoms with E-state index in [1.807, 2.05) is 0 Å². The van der Waals surface area contributed by atoms with Crippen molar-refractivity contribution in [3.05, 3.63) is 0 Å². The zero-order valence-corrected chi connectivity index (χ0v) is 11.8. The molecule has 1 saturated heterocycles. The molecule has 6 heteroatoms. The molecule has 2 rings (SSSR count). The molecule has 1 heterocycles. The number of esters is 1. The van der Waals surface area contributed by atoms with Crippen molar-refractivity contribution in [1.29, 1.82) is 0 Å². The maximum Gasteiger partial charge on any atom is 0.323 e. The normalized spacial score (nSPS) is 41.8. The number of Topliss-reactive ketones (excluding diaryl/α,β-unsaturated/α-hetero) is 1. The van der Waals surface area contributed by atoms with E-state index in [0.717, 1.165) is 6.42 Å². The predicted octanol–water partition coefficient (Wildman–Crippen LogP) is 1.24. The van der Waals surface area contributed by atoms with Gasteiger partial charge in [-0.1, -0.05) is 15.9 Å². The number of ketones is 1. The van der Waals surface area contributed by atoms with E-state index < -0.39 is 6.04 Å². The number of piperidine rings is 1. The van der Waals surface area contributed by atoms with Crippen LogP contribution < -0.4 is 5.32 Å². The van der Waals surface area contributed by atoms with Crippen LogP contribution in [-0.2, 0) is 14.3 Å². The molecule has 0 aromatic heterocycles. The summed E-state index contributed by atoms with van der Waals surface area (Å²) < 4.78 is 4.68. The molecule has 0 spiro atoms. The van der Waals surface area contributed by atoms with Crippen LogP contribution in [0.2, 0.25) is 0 Å². The smallest absolute Gasteiger partial charge is 0.323 e. The number of alkyl halides is 2. The quantitative estimate of drug-likeness (QED) is 0.582. The highest BCUT2D eigenvalue weighted by atomic mass is 79.9. The molecule has 5 unspecified atom stereocenters. The molecule has 96 valence electrons. The fourth-order valence-corrected chi connectivity index (χ4v) is 4.22. The predicted molar refractivity (Wildman–Crippen MR) is 67.4 cm³/mol. The number of hydrogen-bond donors (Lipinski definition) is 1. The number of methoxy groups -OCH3 is 1. The molecule has 2 fully saturated rings. The molecule has 0 bridgehead atoms. The summed E-state index contributed by atoms with van der Waals surface area (Å²) in [5.41, 5.74) is 0. The summed E-state index contributed by atoms with van der Waals surface area (Å²) in [5, 5.41) is 3.23. The van der Waals surface area contributed by atoms with Gasteiger partial charge in [0, 0.05) is 28.6 Å². The van der Waals surface area contributed by atoms with E-state index in [1.54, 1.807) is 0 Å². The number of rotatable bonds is 1. The van der Waals surface area contributed by atoms with Gasteiger partial charge in [-0.25, -0.2) is 0 Å². The molecule has 2 aliphatic rings. The lowest BCUT2D eigenvalue weighted by atomic mass is 9.76. The van der Waals surface area contributed by atoms with Crippen molar-refractivity contribution in [2.24, 2.45) is 5.92 Å². The van der Waals surface area contributed by atoms with Crippen LogP contribution in [-0.4, -0.2) is 41.2 Å². The van der Waals surface area contributed by atoms with Gasteiger partial charge in [0.05, 0.1) is 7.11 Å². The Kier molecular flexibility index (Phi) is 4.10. The minimum Gasteiger partial charge on any atom is -0.468 e. The Morgan fingerprint density at radius 2 is 2.24 bits per heavy atom. The lowest BCUT2D eigenvalue weighted by Gasteiger charge is -2.42. The average Bonchev–Trinajstić information content (AvgIpc) is 2.29. The summed E-state index contributed by atoms with van der Waals surface area (Å²) in [6.07, 6.45) is 1.70. The Balaban J connectivity index is 2.12. The third-order valence-electron chi connectivity index (χ3n) is 3.51. The van der Waals surface area contributed by atoms with Gasteiger partial charge in [0.15, 0.2) is 0 Å². The zero-order valence-electron chi connectivity index (χ0n) is 9.49. The molecule has 17 heavy (non-hydrogen) atoms. The Morgan fingerprint density at radius 3 is 2.88 bits per heavy atom. The molecule has 5 atom stereocenters. The van der Waals surface area contributed by atoms with Crippen molar-refractivity contribution in [2.75, 3.05) is 7.11 Å². The minimum atomic E-state index is -0.513. The number of carbonyl (C=O) groups is 2. The Bertz CT molecular complexity index is 339. The number of fused-ring (bicyclic) bond motifs is 1. The largest absolute Gasteiger partial charge is 0.468 e. The molecular formula is C11H15BrClNO3. The van der Waals surface area contributed by atoms with Crippen LogP contribution in [0.5, 0.6) is 0 Å². The van der Waals surface area contributed by atoms with Crippen LogP contribution in [0.25, 0.3) is 0 Å². The number of hydrogen-bond acceptors (Lipinski definition) is 4. The highest BCUT2D eigenvalue weighted by molar-refractivity contribution is 9.09. The van der Waals surface area contributed by atoms with Gasteiger partial charge in [0.2, 0.25) is 0 Å². The van der Waals surface area contributed by atoms with E-state index in [2.05, 4.69) is 26.0 Å². The molecule has 0 aromatic rings. The van der Waals surface area contributed by atoms with Crippen LogP contribution in [0.3, 0.4) is 0 Å². The fraction of sp³-hybridized carbons (Fsp3) is 0.818. The standard InChI is InChI=1S/C11H15BrClNO3/c1-17-11(16)8-4-9(15)6-2-5(13)3-7(12)10(6)14-8/h5-8,10,14H,2-4H2,1H3. The number of carbonyl (C=O) groups excluding carboxylic acids is 2. The van der Waals surface area contributed by atoms with Gasteiger partial charge in [0.25, 0.3) is 0 Å². The second kappa shape index (κ2) is 5.24. The lowest BCUT2D eigenvalue weighted by Crippen LogP contribution is -2.60. The second-order valence-corrected chi connectivity index (χ2v) is 6.42. The fourth-order valence-electron chi connectivity index (χ4n) is 2.65. The molecule has 1 saturated carbocycles. The number of ether oxygens (including phenoxy) is 1. The summed E-state index contributed by atoms with van der Waals surface area (Å²) in [7, 11) is 1.34. The molecule has 0 aromatic carbocycles. The van der Waals surface area contributed by atoms with Crippen LogP contribution in [0.4, 0.5) is 0 Å². The first kappa shape index (κ1) is 13.3. The molecule has 0 amide bonds. The average molecular weight is 325 g/mol. The Morgan fingerprint density at radius 1 is 1.53 bits per heavy atom. The van der Waals surface area contributed by atoms with Crippen molar-refractivity contribution >= 4 is 39.3 Å². The van der Waals surface area contributed by atoms with Gasteiger partial charge in [-0.15, -0.1) is 11.6 Å². The summed E-state index contributed by atoms with van der Waals surface area (Å²) in [6, 6.07) is -0.531. The van der Waals surface area contributed by atoms with Crippen LogP contribution in [0, 0.1) is 5.92 Å². The van der Waals surface area contributed by atoms with Gasteiger partial charge in [-0.2, -0.15) is 0 Å². The van der Waals surface area contributed by atoms with Crippen LogP contribution in [0.15, 0.2) is 0 Å². The molecule has 1 N–H and O–H groups in total. The van der Waals surface area contributed by atoms with E-state index in [0.29, 0.717) is 6.42 Å². The van der Waals surface area contributed by atoms with E-state index in [4.69, 9.17) is 11.6 Å². The Labute approximate surface area is 114 Å². The lowest BCUT2D eigenvalue weighted by molar-refractivity contribution is -0.147. The van der Waals surface area contributed by atoms with E-state index in [-0.39, 0.29) is 40.3 Å². The maximum absolute atomic E-state index is 12.0. The van der Waals surface area contributed by atoms with Gasteiger partial charge in [-0.3, -0.25) is 14.9 Å². The van der Waals surface area contributed by atoms with E-state index in [1.165, 1.54) is 7.11 Å². The van der Waals surface area contributed by atoms with Crippen molar-refractivity contribution in [2.45, 2.75) is 41.6 Å². The molecular weight excluding hydrogens is 309 g/mol. The van der Waals surface area contributed by atoms with Gasteiger partial charge in [-0.05, 0) is 12.8 Å². The second-order valence-electron chi connectivity index (χ2n) is 4.63. The number of halogens is 2.